The van der Waals surface area contributed by atoms with Crippen LogP contribution in [-0.4, -0.2) is 29.8 Å². The van der Waals surface area contributed by atoms with Crippen molar-refractivity contribution < 1.29 is 9.59 Å². The van der Waals surface area contributed by atoms with E-state index in [4.69, 9.17) is 11.6 Å². The smallest absolute Gasteiger partial charge is 0.242 e. The van der Waals surface area contributed by atoms with Gasteiger partial charge in [-0.3, -0.25) is 9.59 Å². The fourth-order valence-corrected chi connectivity index (χ4v) is 3.15. The number of hydrogen-bond acceptors (Lipinski definition) is 2. The average molecular weight is 387 g/mol. The maximum absolute atomic E-state index is 13.0. The number of aryl methyl sites for hydroxylation is 2. The lowest BCUT2D eigenvalue weighted by Gasteiger charge is -2.30. The van der Waals surface area contributed by atoms with Crippen molar-refractivity contribution in [2.75, 3.05) is 7.05 Å². The number of halogens is 1. The molecule has 0 fully saturated rings. The van der Waals surface area contributed by atoms with Crippen LogP contribution in [-0.2, 0) is 22.6 Å². The highest BCUT2D eigenvalue weighted by atomic mass is 35.5. The van der Waals surface area contributed by atoms with Gasteiger partial charge in [-0.15, -0.1) is 0 Å². The number of rotatable bonds is 8. The predicted octanol–water partition coefficient (Wildman–Crippen LogP) is 4.13. The van der Waals surface area contributed by atoms with Gasteiger partial charge in [0.15, 0.2) is 0 Å². The summed E-state index contributed by atoms with van der Waals surface area (Å²) in [4.78, 5) is 27.0. The summed E-state index contributed by atoms with van der Waals surface area (Å²) in [5, 5.41) is 3.32. The Morgan fingerprint density at radius 1 is 1.04 bits per heavy atom. The number of nitrogens with one attached hydrogen (secondary N) is 1. The monoisotopic (exact) mass is 386 g/mol. The number of nitrogens with zero attached hydrogens (tertiary/aromatic N) is 1. The first kappa shape index (κ1) is 21.0. The second-order valence-electron chi connectivity index (χ2n) is 6.67. The van der Waals surface area contributed by atoms with Gasteiger partial charge in [-0.25, -0.2) is 0 Å². The van der Waals surface area contributed by atoms with Crippen molar-refractivity contribution in [2.24, 2.45) is 0 Å². The second kappa shape index (κ2) is 10.1. The molecule has 0 heterocycles. The summed E-state index contributed by atoms with van der Waals surface area (Å²) in [5.74, 6) is -0.170. The summed E-state index contributed by atoms with van der Waals surface area (Å²) in [7, 11) is 1.60. The fourth-order valence-electron chi connectivity index (χ4n) is 3.02. The van der Waals surface area contributed by atoms with Crippen molar-refractivity contribution in [1.82, 2.24) is 10.2 Å². The SMILES string of the molecule is CC[C@H](C(=O)NC)N(Cc1ccc(Cl)cc1)C(=O)CCc1ccc(C)cc1. The molecule has 27 heavy (non-hydrogen) atoms. The van der Waals surface area contributed by atoms with Crippen LogP contribution >= 0.6 is 11.6 Å². The zero-order valence-corrected chi connectivity index (χ0v) is 16.9. The van der Waals surface area contributed by atoms with Crippen molar-refractivity contribution >= 4 is 23.4 Å². The third-order valence-electron chi connectivity index (χ3n) is 4.65. The lowest BCUT2D eigenvalue weighted by molar-refractivity contribution is -0.141. The maximum atomic E-state index is 13.0. The second-order valence-corrected chi connectivity index (χ2v) is 7.11. The number of benzene rings is 2. The number of carbonyl (C=O) groups is 2. The highest BCUT2D eigenvalue weighted by Gasteiger charge is 2.27. The summed E-state index contributed by atoms with van der Waals surface area (Å²) >= 11 is 5.96. The number of likely N-dealkylation sites (N-methyl/N-ethyl adjacent to an activating group) is 1. The molecule has 2 aromatic rings. The molecule has 0 radical (unpaired) electrons. The Morgan fingerprint density at radius 2 is 1.63 bits per heavy atom. The average Bonchev–Trinajstić information content (AvgIpc) is 2.68. The van der Waals surface area contributed by atoms with Gasteiger partial charge < -0.3 is 10.2 Å². The van der Waals surface area contributed by atoms with Crippen LogP contribution in [0.5, 0.6) is 0 Å². The van der Waals surface area contributed by atoms with E-state index in [1.807, 2.05) is 50.2 Å². The van der Waals surface area contributed by atoms with Gasteiger partial charge in [0.05, 0.1) is 0 Å². The van der Waals surface area contributed by atoms with E-state index in [0.717, 1.165) is 11.1 Å². The van der Waals surface area contributed by atoms with E-state index in [-0.39, 0.29) is 11.8 Å². The van der Waals surface area contributed by atoms with Crippen LogP contribution < -0.4 is 5.32 Å². The van der Waals surface area contributed by atoms with E-state index in [0.29, 0.717) is 30.8 Å². The van der Waals surface area contributed by atoms with Gasteiger partial charge in [0.2, 0.25) is 11.8 Å². The van der Waals surface area contributed by atoms with Crippen LogP contribution in [0.2, 0.25) is 5.02 Å². The predicted molar refractivity (Wildman–Crippen MR) is 110 cm³/mol. The summed E-state index contributed by atoms with van der Waals surface area (Å²) in [5.41, 5.74) is 3.26. The van der Waals surface area contributed by atoms with E-state index in [2.05, 4.69) is 5.32 Å². The van der Waals surface area contributed by atoms with Gasteiger partial charge in [0, 0.05) is 25.0 Å². The molecule has 0 aliphatic rings. The molecule has 0 saturated heterocycles. The minimum Gasteiger partial charge on any atom is -0.357 e. The number of carbonyl (C=O) groups excluding carboxylic acids is 2. The summed E-state index contributed by atoms with van der Waals surface area (Å²) in [6.07, 6.45) is 1.58. The molecule has 144 valence electrons. The largest absolute Gasteiger partial charge is 0.357 e. The Kier molecular flexibility index (Phi) is 7.86. The lowest BCUT2D eigenvalue weighted by atomic mass is 10.1. The normalized spacial score (nSPS) is 11.7. The van der Waals surface area contributed by atoms with E-state index in [9.17, 15) is 9.59 Å². The van der Waals surface area contributed by atoms with Gasteiger partial charge in [0.25, 0.3) is 0 Å². The topological polar surface area (TPSA) is 49.4 Å². The summed E-state index contributed by atoms with van der Waals surface area (Å²) in [6.45, 7) is 4.34. The van der Waals surface area contributed by atoms with Crippen molar-refractivity contribution in [3.8, 4) is 0 Å². The van der Waals surface area contributed by atoms with Crippen LogP contribution in [0, 0.1) is 6.92 Å². The van der Waals surface area contributed by atoms with Crippen LogP contribution in [0.1, 0.15) is 36.5 Å². The highest BCUT2D eigenvalue weighted by Crippen LogP contribution is 2.17. The third kappa shape index (κ3) is 6.10. The standard InChI is InChI=1S/C22H27ClN2O2/c1-4-20(22(27)24-3)25(15-18-9-12-19(23)13-10-18)21(26)14-11-17-7-5-16(2)6-8-17/h5-10,12-13,20H,4,11,14-15H2,1-3H3,(H,24,27)/t20-/m1/s1. The third-order valence-corrected chi connectivity index (χ3v) is 4.90. The minimum atomic E-state index is -0.490. The quantitative estimate of drug-likeness (QED) is 0.741. The molecular weight excluding hydrogens is 360 g/mol. The molecule has 2 amide bonds. The maximum Gasteiger partial charge on any atom is 0.242 e. The molecule has 0 unspecified atom stereocenters. The van der Waals surface area contributed by atoms with E-state index in [1.54, 1.807) is 24.1 Å². The molecule has 0 saturated carbocycles. The minimum absolute atomic E-state index is 0.0269. The van der Waals surface area contributed by atoms with Gasteiger partial charge in [0.1, 0.15) is 6.04 Å². The molecular formula is C22H27ClN2O2. The van der Waals surface area contributed by atoms with Crippen molar-refractivity contribution in [3.63, 3.8) is 0 Å². The van der Waals surface area contributed by atoms with Crippen LogP contribution in [0.15, 0.2) is 48.5 Å². The van der Waals surface area contributed by atoms with Gasteiger partial charge in [-0.05, 0) is 43.0 Å². The van der Waals surface area contributed by atoms with Gasteiger partial charge in [-0.2, -0.15) is 0 Å². The molecule has 0 bridgehead atoms. The van der Waals surface area contributed by atoms with Crippen molar-refractivity contribution in [3.05, 3.63) is 70.2 Å². The number of amides is 2. The molecule has 1 atom stereocenters. The Balaban J connectivity index is 2.15. The Bertz CT molecular complexity index is 757. The lowest BCUT2D eigenvalue weighted by Crippen LogP contribution is -2.48. The first-order valence-electron chi connectivity index (χ1n) is 9.25. The zero-order chi connectivity index (χ0) is 19.8. The molecule has 0 aromatic heterocycles. The molecule has 5 heteroatoms. The molecule has 2 rings (SSSR count). The van der Waals surface area contributed by atoms with Gasteiger partial charge >= 0.3 is 0 Å². The van der Waals surface area contributed by atoms with Crippen LogP contribution in [0.4, 0.5) is 0 Å². The highest BCUT2D eigenvalue weighted by molar-refractivity contribution is 6.30. The Labute approximate surface area is 166 Å². The van der Waals surface area contributed by atoms with Crippen molar-refractivity contribution in [1.29, 1.82) is 0 Å². The molecule has 0 aliphatic heterocycles. The van der Waals surface area contributed by atoms with Gasteiger partial charge in [-0.1, -0.05) is 60.5 Å². The first-order chi connectivity index (χ1) is 12.9. The molecule has 2 aromatic carbocycles. The van der Waals surface area contributed by atoms with Crippen LogP contribution in [0.25, 0.3) is 0 Å². The Morgan fingerprint density at radius 3 is 2.19 bits per heavy atom. The first-order valence-corrected chi connectivity index (χ1v) is 9.63. The Hall–Kier alpha value is -2.33. The molecule has 0 aliphatic carbocycles. The van der Waals surface area contributed by atoms with E-state index >= 15 is 0 Å². The van der Waals surface area contributed by atoms with E-state index in [1.165, 1.54) is 5.56 Å². The number of hydrogen-bond donors (Lipinski definition) is 1. The van der Waals surface area contributed by atoms with E-state index < -0.39 is 6.04 Å². The zero-order valence-electron chi connectivity index (χ0n) is 16.2. The molecule has 1 N–H and O–H groups in total. The molecule has 0 spiro atoms. The molecule has 4 nitrogen and oxygen atoms in total. The summed E-state index contributed by atoms with van der Waals surface area (Å²) < 4.78 is 0. The van der Waals surface area contributed by atoms with Crippen LogP contribution in [0.3, 0.4) is 0 Å². The fraction of sp³-hybridized carbons (Fsp3) is 0.364. The summed E-state index contributed by atoms with van der Waals surface area (Å²) in [6, 6.07) is 15.1. The van der Waals surface area contributed by atoms with Crippen molar-refractivity contribution in [2.45, 2.75) is 45.7 Å².